The number of halogens is 2. The van der Waals surface area contributed by atoms with E-state index in [0.717, 1.165) is 5.56 Å². The molecule has 0 bridgehead atoms. The van der Waals surface area contributed by atoms with Crippen molar-refractivity contribution < 1.29 is 4.39 Å². The van der Waals surface area contributed by atoms with Crippen LogP contribution in [-0.4, -0.2) is 6.26 Å². The lowest BCUT2D eigenvalue weighted by atomic mass is 10.1. The van der Waals surface area contributed by atoms with E-state index in [1.165, 1.54) is 16.5 Å². The normalized spacial score (nSPS) is 12.4. The fraction of sp³-hybridized carbons (Fsp3) is 0.250. The van der Waals surface area contributed by atoms with Gasteiger partial charge in [-0.25, -0.2) is 4.39 Å². The molecule has 4 heteroatoms. The van der Waals surface area contributed by atoms with Crippen LogP contribution in [0, 0.1) is 5.82 Å². The lowest BCUT2D eigenvalue weighted by Crippen LogP contribution is -2.18. The van der Waals surface area contributed by atoms with Crippen LogP contribution in [0.4, 0.5) is 4.39 Å². The third kappa shape index (κ3) is 4.08. The van der Waals surface area contributed by atoms with E-state index in [1.807, 2.05) is 6.07 Å². The zero-order valence-electron chi connectivity index (χ0n) is 11.5. The fourth-order valence-electron chi connectivity index (χ4n) is 1.93. The number of nitrogens with one attached hydrogen (secondary N) is 1. The molecule has 0 aromatic heterocycles. The smallest absolute Gasteiger partial charge is 0.137 e. The largest absolute Gasteiger partial charge is 0.306 e. The SMILES string of the molecule is CSc1ccc(C(C)NCc2ccc(F)c(Br)c2)cc1. The second-order valence-corrected chi connectivity index (χ2v) is 6.36. The first kappa shape index (κ1) is 15.5. The van der Waals surface area contributed by atoms with Crippen LogP contribution in [-0.2, 0) is 6.54 Å². The van der Waals surface area contributed by atoms with Gasteiger partial charge in [-0.15, -0.1) is 11.8 Å². The van der Waals surface area contributed by atoms with Crippen molar-refractivity contribution in [1.29, 1.82) is 0 Å². The molecule has 0 fully saturated rings. The first-order chi connectivity index (χ1) is 9.60. The molecule has 1 nitrogen and oxygen atoms in total. The molecule has 2 aromatic carbocycles. The van der Waals surface area contributed by atoms with Crippen LogP contribution in [0.1, 0.15) is 24.1 Å². The second kappa shape index (κ2) is 7.25. The minimum Gasteiger partial charge on any atom is -0.306 e. The number of rotatable bonds is 5. The van der Waals surface area contributed by atoms with Gasteiger partial charge in [0.1, 0.15) is 5.82 Å². The number of hydrogen-bond acceptors (Lipinski definition) is 2. The summed E-state index contributed by atoms with van der Waals surface area (Å²) in [5.41, 5.74) is 2.31. The van der Waals surface area contributed by atoms with Crippen molar-refractivity contribution in [1.82, 2.24) is 5.32 Å². The molecule has 0 saturated carbocycles. The Morgan fingerprint density at radius 1 is 1.20 bits per heavy atom. The highest BCUT2D eigenvalue weighted by Gasteiger charge is 2.06. The van der Waals surface area contributed by atoms with Gasteiger partial charge < -0.3 is 5.32 Å². The van der Waals surface area contributed by atoms with Crippen molar-refractivity contribution in [2.75, 3.05) is 6.26 Å². The highest BCUT2D eigenvalue weighted by molar-refractivity contribution is 9.10. The van der Waals surface area contributed by atoms with E-state index in [9.17, 15) is 4.39 Å². The van der Waals surface area contributed by atoms with Gasteiger partial charge in [0.25, 0.3) is 0 Å². The lowest BCUT2D eigenvalue weighted by Gasteiger charge is -2.15. The minimum absolute atomic E-state index is 0.227. The van der Waals surface area contributed by atoms with Crippen LogP contribution in [0.3, 0.4) is 0 Å². The average molecular weight is 354 g/mol. The van der Waals surface area contributed by atoms with Gasteiger partial charge in [-0.2, -0.15) is 0 Å². The third-order valence-corrected chi connectivity index (χ3v) is 4.56. The Labute approximate surface area is 132 Å². The highest BCUT2D eigenvalue weighted by atomic mass is 79.9. The van der Waals surface area contributed by atoms with Crippen molar-refractivity contribution in [2.24, 2.45) is 0 Å². The van der Waals surface area contributed by atoms with Gasteiger partial charge in [0.05, 0.1) is 4.47 Å². The Kier molecular flexibility index (Phi) is 5.64. The maximum atomic E-state index is 13.2. The molecule has 1 unspecified atom stereocenters. The van der Waals surface area contributed by atoms with Crippen LogP contribution in [0.15, 0.2) is 51.8 Å². The van der Waals surface area contributed by atoms with E-state index in [2.05, 4.69) is 58.7 Å². The fourth-order valence-corrected chi connectivity index (χ4v) is 2.77. The summed E-state index contributed by atoms with van der Waals surface area (Å²) in [6.45, 7) is 2.84. The van der Waals surface area contributed by atoms with Gasteiger partial charge in [0, 0.05) is 17.5 Å². The Morgan fingerprint density at radius 3 is 2.50 bits per heavy atom. The van der Waals surface area contributed by atoms with Gasteiger partial charge in [0.15, 0.2) is 0 Å². The first-order valence-corrected chi connectivity index (χ1v) is 8.43. The predicted molar refractivity (Wildman–Crippen MR) is 87.6 cm³/mol. The topological polar surface area (TPSA) is 12.0 Å². The van der Waals surface area contributed by atoms with Crippen molar-refractivity contribution in [3.63, 3.8) is 0 Å². The molecule has 2 aromatic rings. The molecule has 0 saturated heterocycles. The molecule has 0 spiro atoms. The molecule has 106 valence electrons. The molecule has 1 N–H and O–H groups in total. The van der Waals surface area contributed by atoms with Crippen molar-refractivity contribution in [3.8, 4) is 0 Å². The Balaban J connectivity index is 1.96. The molecule has 0 aliphatic carbocycles. The third-order valence-electron chi connectivity index (χ3n) is 3.21. The number of benzene rings is 2. The van der Waals surface area contributed by atoms with Gasteiger partial charge in [0.2, 0.25) is 0 Å². The molecule has 0 amide bonds. The van der Waals surface area contributed by atoms with E-state index < -0.39 is 0 Å². The monoisotopic (exact) mass is 353 g/mol. The molecular weight excluding hydrogens is 337 g/mol. The molecule has 0 aliphatic heterocycles. The van der Waals surface area contributed by atoms with Crippen molar-refractivity contribution >= 4 is 27.7 Å². The van der Waals surface area contributed by atoms with Crippen LogP contribution in [0.5, 0.6) is 0 Å². The summed E-state index contributed by atoms with van der Waals surface area (Å²) >= 11 is 4.95. The summed E-state index contributed by atoms with van der Waals surface area (Å²) in [6.07, 6.45) is 2.07. The first-order valence-electron chi connectivity index (χ1n) is 6.41. The Bertz CT molecular complexity index is 571. The predicted octanol–water partition coefficient (Wildman–Crippen LogP) is 5.16. The van der Waals surface area contributed by atoms with E-state index >= 15 is 0 Å². The quantitative estimate of drug-likeness (QED) is 0.745. The van der Waals surface area contributed by atoms with E-state index in [1.54, 1.807) is 17.8 Å². The zero-order chi connectivity index (χ0) is 14.5. The summed E-state index contributed by atoms with van der Waals surface area (Å²) in [7, 11) is 0. The van der Waals surface area contributed by atoms with E-state index in [4.69, 9.17) is 0 Å². The molecule has 1 atom stereocenters. The van der Waals surface area contributed by atoms with Crippen molar-refractivity contribution in [3.05, 3.63) is 63.9 Å². The van der Waals surface area contributed by atoms with E-state index in [-0.39, 0.29) is 11.9 Å². The number of thioether (sulfide) groups is 1. The molecule has 0 heterocycles. The summed E-state index contributed by atoms with van der Waals surface area (Å²) < 4.78 is 13.7. The second-order valence-electron chi connectivity index (χ2n) is 4.62. The number of hydrogen-bond donors (Lipinski definition) is 1. The van der Waals surface area contributed by atoms with Crippen LogP contribution in [0.2, 0.25) is 0 Å². The maximum absolute atomic E-state index is 13.2. The summed E-state index contributed by atoms with van der Waals surface area (Å²) in [6, 6.07) is 13.9. The summed E-state index contributed by atoms with van der Waals surface area (Å²) in [5, 5.41) is 3.45. The van der Waals surface area contributed by atoms with Gasteiger partial charge >= 0.3 is 0 Å². The van der Waals surface area contributed by atoms with Crippen LogP contribution >= 0.6 is 27.7 Å². The molecule has 20 heavy (non-hydrogen) atoms. The lowest BCUT2D eigenvalue weighted by molar-refractivity contribution is 0.572. The van der Waals surface area contributed by atoms with Gasteiger partial charge in [-0.1, -0.05) is 18.2 Å². The maximum Gasteiger partial charge on any atom is 0.137 e. The van der Waals surface area contributed by atoms with Crippen LogP contribution in [0.25, 0.3) is 0 Å². The van der Waals surface area contributed by atoms with Gasteiger partial charge in [-0.05, 0) is 64.5 Å². The molecule has 0 aliphatic rings. The molecular formula is C16H17BrFNS. The minimum atomic E-state index is -0.227. The summed E-state index contributed by atoms with van der Waals surface area (Å²) in [5.74, 6) is -0.227. The Hall–Kier alpha value is -0.840. The standard InChI is InChI=1S/C16H17BrFNS/c1-11(13-4-6-14(20-2)7-5-13)19-10-12-3-8-16(18)15(17)9-12/h3-9,11,19H,10H2,1-2H3. The summed E-state index contributed by atoms with van der Waals surface area (Å²) in [4.78, 5) is 1.27. The molecule has 2 rings (SSSR count). The molecule has 0 radical (unpaired) electrons. The van der Waals surface area contributed by atoms with E-state index in [0.29, 0.717) is 11.0 Å². The zero-order valence-corrected chi connectivity index (χ0v) is 13.9. The average Bonchev–Trinajstić information content (AvgIpc) is 2.48. The Morgan fingerprint density at radius 2 is 1.90 bits per heavy atom. The van der Waals surface area contributed by atoms with Crippen molar-refractivity contribution in [2.45, 2.75) is 24.4 Å². The highest BCUT2D eigenvalue weighted by Crippen LogP contribution is 2.20. The van der Waals surface area contributed by atoms with Gasteiger partial charge in [-0.3, -0.25) is 0 Å². The van der Waals surface area contributed by atoms with Crippen LogP contribution < -0.4 is 5.32 Å².